The largest absolute Gasteiger partial charge is 0.374 e. The van der Waals surface area contributed by atoms with Crippen LogP contribution in [0.15, 0.2) is 12.2 Å². The van der Waals surface area contributed by atoms with Crippen LogP contribution in [0.5, 0.6) is 0 Å². The zero-order valence-electron chi connectivity index (χ0n) is 9.44. The normalized spacial score (nSPS) is 12.8. The van der Waals surface area contributed by atoms with E-state index in [4.69, 9.17) is 4.74 Å². The van der Waals surface area contributed by atoms with Crippen LogP contribution in [0.2, 0.25) is 0 Å². The van der Waals surface area contributed by atoms with Crippen molar-refractivity contribution in [1.82, 2.24) is 0 Å². The minimum atomic E-state index is 0.397. The van der Waals surface area contributed by atoms with Crippen LogP contribution in [-0.4, -0.2) is 12.7 Å². The molecule has 1 nitrogen and oxygen atoms in total. The third-order valence-corrected chi connectivity index (χ3v) is 2.08. The second-order valence-electron chi connectivity index (χ2n) is 3.93. The standard InChI is InChI=1S/C12H24O/c1-5-6-7-8-9-12(4)13-10-11(2)3/h12H,2,5-10H2,1,3-4H3. The molecule has 0 amide bonds. The van der Waals surface area contributed by atoms with E-state index in [1.807, 2.05) is 6.92 Å². The highest BCUT2D eigenvalue weighted by molar-refractivity contribution is 4.87. The smallest absolute Gasteiger partial charge is 0.0675 e. The van der Waals surface area contributed by atoms with Gasteiger partial charge in [0, 0.05) is 0 Å². The summed E-state index contributed by atoms with van der Waals surface area (Å²) in [6.07, 6.45) is 6.89. The molecule has 0 aromatic carbocycles. The molecule has 0 bridgehead atoms. The van der Waals surface area contributed by atoms with Crippen LogP contribution in [0.4, 0.5) is 0 Å². The summed E-state index contributed by atoms with van der Waals surface area (Å²) in [6, 6.07) is 0. The molecule has 1 unspecified atom stereocenters. The fourth-order valence-corrected chi connectivity index (χ4v) is 1.23. The molecule has 0 aromatic rings. The van der Waals surface area contributed by atoms with Gasteiger partial charge in [-0.3, -0.25) is 0 Å². The lowest BCUT2D eigenvalue weighted by Gasteiger charge is -2.12. The van der Waals surface area contributed by atoms with Crippen LogP contribution < -0.4 is 0 Å². The van der Waals surface area contributed by atoms with Crippen molar-refractivity contribution in [3.8, 4) is 0 Å². The molecule has 0 spiro atoms. The SMILES string of the molecule is C=C(C)COC(C)CCCCCC. The lowest BCUT2D eigenvalue weighted by atomic mass is 10.1. The van der Waals surface area contributed by atoms with E-state index < -0.39 is 0 Å². The van der Waals surface area contributed by atoms with Gasteiger partial charge in [-0.25, -0.2) is 0 Å². The Morgan fingerprint density at radius 3 is 2.54 bits per heavy atom. The monoisotopic (exact) mass is 184 g/mol. The van der Waals surface area contributed by atoms with Crippen LogP contribution in [-0.2, 0) is 4.74 Å². The molecule has 0 aromatic heterocycles. The molecular weight excluding hydrogens is 160 g/mol. The van der Waals surface area contributed by atoms with Gasteiger partial charge >= 0.3 is 0 Å². The average Bonchev–Trinajstić information content (AvgIpc) is 2.09. The maximum Gasteiger partial charge on any atom is 0.0675 e. The Hall–Kier alpha value is -0.300. The minimum Gasteiger partial charge on any atom is -0.374 e. The molecule has 1 heteroatoms. The van der Waals surface area contributed by atoms with E-state index >= 15 is 0 Å². The summed E-state index contributed by atoms with van der Waals surface area (Å²) in [5, 5.41) is 0. The first-order chi connectivity index (χ1) is 6.16. The Morgan fingerprint density at radius 1 is 1.31 bits per heavy atom. The minimum absolute atomic E-state index is 0.397. The molecule has 0 saturated carbocycles. The molecule has 0 fully saturated rings. The summed E-state index contributed by atoms with van der Waals surface area (Å²) in [4.78, 5) is 0. The van der Waals surface area contributed by atoms with E-state index in [1.54, 1.807) is 0 Å². The Labute approximate surface area is 83.2 Å². The second-order valence-corrected chi connectivity index (χ2v) is 3.93. The predicted octanol–water partition coefficient (Wildman–Crippen LogP) is 3.94. The van der Waals surface area contributed by atoms with E-state index in [-0.39, 0.29) is 0 Å². The van der Waals surface area contributed by atoms with E-state index in [1.165, 1.54) is 32.1 Å². The van der Waals surface area contributed by atoms with Crippen molar-refractivity contribution < 1.29 is 4.74 Å². The van der Waals surface area contributed by atoms with Crippen molar-refractivity contribution in [2.45, 2.75) is 59.0 Å². The molecule has 0 saturated heterocycles. The van der Waals surface area contributed by atoms with Crippen molar-refractivity contribution in [2.75, 3.05) is 6.61 Å². The molecule has 0 aliphatic carbocycles. The Balaban J connectivity index is 3.19. The third kappa shape index (κ3) is 9.62. The molecule has 78 valence electrons. The van der Waals surface area contributed by atoms with Gasteiger partial charge in [0.2, 0.25) is 0 Å². The van der Waals surface area contributed by atoms with Gasteiger partial charge < -0.3 is 4.74 Å². The number of ether oxygens (including phenoxy) is 1. The fraction of sp³-hybridized carbons (Fsp3) is 0.833. The number of hydrogen-bond acceptors (Lipinski definition) is 1. The van der Waals surface area contributed by atoms with Gasteiger partial charge in [0.1, 0.15) is 0 Å². The maximum absolute atomic E-state index is 5.58. The first kappa shape index (κ1) is 12.7. The van der Waals surface area contributed by atoms with Crippen LogP contribution in [0.1, 0.15) is 52.9 Å². The summed E-state index contributed by atoms with van der Waals surface area (Å²) in [5.74, 6) is 0. The predicted molar refractivity (Wildman–Crippen MR) is 59.0 cm³/mol. The highest BCUT2D eigenvalue weighted by Gasteiger charge is 2.00. The van der Waals surface area contributed by atoms with Gasteiger partial charge in [-0.2, -0.15) is 0 Å². The van der Waals surface area contributed by atoms with Crippen LogP contribution in [0.25, 0.3) is 0 Å². The van der Waals surface area contributed by atoms with Crippen molar-refractivity contribution in [3.63, 3.8) is 0 Å². The summed E-state index contributed by atoms with van der Waals surface area (Å²) < 4.78 is 5.58. The van der Waals surface area contributed by atoms with Crippen molar-refractivity contribution in [3.05, 3.63) is 12.2 Å². The molecule has 0 radical (unpaired) electrons. The van der Waals surface area contributed by atoms with Crippen molar-refractivity contribution >= 4 is 0 Å². The van der Waals surface area contributed by atoms with E-state index in [9.17, 15) is 0 Å². The first-order valence-corrected chi connectivity index (χ1v) is 5.42. The molecule has 0 aliphatic rings. The van der Waals surface area contributed by atoms with E-state index in [2.05, 4.69) is 20.4 Å². The Morgan fingerprint density at radius 2 is 2.00 bits per heavy atom. The van der Waals surface area contributed by atoms with Gasteiger partial charge in [0.25, 0.3) is 0 Å². The summed E-state index contributed by atoms with van der Waals surface area (Å²) in [6.45, 7) is 10.9. The van der Waals surface area contributed by atoms with Crippen LogP contribution in [0, 0.1) is 0 Å². The Kier molecular flexibility index (Phi) is 8.11. The molecule has 1 atom stereocenters. The average molecular weight is 184 g/mol. The van der Waals surface area contributed by atoms with Gasteiger partial charge in [0.05, 0.1) is 12.7 Å². The quantitative estimate of drug-likeness (QED) is 0.410. The zero-order valence-corrected chi connectivity index (χ0v) is 9.44. The highest BCUT2D eigenvalue weighted by Crippen LogP contribution is 2.08. The number of unbranched alkanes of at least 4 members (excludes halogenated alkanes) is 3. The molecule has 0 rings (SSSR count). The van der Waals surface area contributed by atoms with E-state index in [0.29, 0.717) is 6.10 Å². The van der Waals surface area contributed by atoms with Crippen LogP contribution >= 0.6 is 0 Å². The van der Waals surface area contributed by atoms with E-state index in [0.717, 1.165) is 12.2 Å². The van der Waals surface area contributed by atoms with Gasteiger partial charge in [0.15, 0.2) is 0 Å². The fourth-order valence-electron chi connectivity index (χ4n) is 1.23. The summed E-state index contributed by atoms with van der Waals surface area (Å²) in [5.41, 5.74) is 1.11. The van der Waals surface area contributed by atoms with Gasteiger partial charge in [-0.05, 0) is 20.3 Å². The third-order valence-electron chi connectivity index (χ3n) is 2.08. The van der Waals surface area contributed by atoms with Crippen LogP contribution in [0.3, 0.4) is 0 Å². The number of rotatable bonds is 8. The van der Waals surface area contributed by atoms with Crippen molar-refractivity contribution in [1.29, 1.82) is 0 Å². The van der Waals surface area contributed by atoms with Gasteiger partial charge in [-0.15, -0.1) is 0 Å². The molecular formula is C12H24O. The summed E-state index contributed by atoms with van der Waals surface area (Å²) >= 11 is 0. The lowest BCUT2D eigenvalue weighted by molar-refractivity contribution is 0.0753. The Bertz CT molecular complexity index is 129. The lowest BCUT2D eigenvalue weighted by Crippen LogP contribution is -2.09. The number of hydrogen-bond donors (Lipinski definition) is 0. The summed E-state index contributed by atoms with van der Waals surface area (Å²) in [7, 11) is 0. The molecule has 0 N–H and O–H groups in total. The van der Waals surface area contributed by atoms with Crippen molar-refractivity contribution in [2.24, 2.45) is 0 Å². The zero-order chi connectivity index (χ0) is 10.1. The highest BCUT2D eigenvalue weighted by atomic mass is 16.5. The maximum atomic E-state index is 5.58. The van der Waals surface area contributed by atoms with Gasteiger partial charge in [-0.1, -0.05) is 44.8 Å². The molecule has 13 heavy (non-hydrogen) atoms. The first-order valence-electron chi connectivity index (χ1n) is 5.42. The molecule has 0 aliphatic heterocycles. The topological polar surface area (TPSA) is 9.23 Å². The second kappa shape index (κ2) is 8.31. The molecule has 0 heterocycles.